The van der Waals surface area contributed by atoms with Crippen molar-refractivity contribution in [1.29, 1.82) is 0 Å². The Morgan fingerprint density at radius 1 is 1.16 bits per heavy atom. The minimum absolute atomic E-state index is 0.0239. The maximum atomic E-state index is 13.4. The maximum absolute atomic E-state index is 13.4. The number of benzene rings is 2. The molecule has 2 heterocycles. The molecule has 11 heteroatoms. The van der Waals surface area contributed by atoms with E-state index in [1.54, 1.807) is 24.0 Å². The summed E-state index contributed by atoms with van der Waals surface area (Å²) in [5.41, 5.74) is 0.965. The number of carbonyl (C=O) groups excluding carboxylic acids is 1. The Hall–Kier alpha value is -2.98. The molecule has 0 aliphatic carbocycles. The van der Waals surface area contributed by atoms with E-state index in [4.69, 9.17) is 16.1 Å². The van der Waals surface area contributed by atoms with Crippen molar-refractivity contribution in [2.45, 2.75) is 31.1 Å². The first kappa shape index (κ1) is 22.2. The van der Waals surface area contributed by atoms with Gasteiger partial charge < -0.3 is 9.42 Å². The van der Waals surface area contributed by atoms with Crippen molar-refractivity contribution in [2.75, 3.05) is 17.8 Å². The van der Waals surface area contributed by atoms with E-state index in [-0.39, 0.29) is 33.2 Å². The van der Waals surface area contributed by atoms with Crippen LogP contribution in [-0.4, -0.2) is 42.5 Å². The molecule has 1 aliphatic heterocycles. The molecule has 1 aromatic heterocycles. The number of amides is 1. The highest BCUT2D eigenvalue weighted by Gasteiger charge is 2.25. The summed E-state index contributed by atoms with van der Waals surface area (Å²) in [6.07, 6.45) is 2.94. The normalized spacial score (nSPS) is 14.4. The van der Waals surface area contributed by atoms with Gasteiger partial charge in [-0.2, -0.15) is 4.98 Å². The number of nitrogens with one attached hydrogen (secondary N) is 1. The Bertz CT molecular complexity index is 1270. The predicted octanol–water partition coefficient (Wildman–Crippen LogP) is 4.26. The molecule has 168 valence electrons. The molecule has 0 radical (unpaired) electrons. The number of halogens is 2. The Balaban J connectivity index is 1.60. The second kappa shape index (κ2) is 8.87. The van der Waals surface area contributed by atoms with Crippen LogP contribution in [0.5, 0.6) is 0 Å². The summed E-state index contributed by atoms with van der Waals surface area (Å²) in [6, 6.07) is 8.17. The molecule has 0 saturated carbocycles. The number of hydrogen-bond donors (Lipinski definition) is 1. The topological polar surface area (TPSA) is 105 Å². The third-order valence-corrected chi connectivity index (χ3v) is 6.97. The number of carbonyl (C=O) groups is 1. The largest absolute Gasteiger partial charge is 0.334 e. The minimum Gasteiger partial charge on any atom is -0.334 e. The van der Waals surface area contributed by atoms with Crippen LogP contribution in [0.1, 0.15) is 35.5 Å². The third kappa shape index (κ3) is 4.61. The molecular weight excluding hydrogens is 459 g/mol. The highest BCUT2D eigenvalue weighted by molar-refractivity contribution is 7.92. The zero-order valence-electron chi connectivity index (χ0n) is 17.1. The number of piperidine rings is 1. The van der Waals surface area contributed by atoms with E-state index in [0.717, 1.165) is 25.3 Å². The Labute approximate surface area is 189 Å². The number of aryl methyl sites for hydroxylation is 1. The van der Waals surface area contributed by atoms with Gasteiger partial charge in [-0.15, -0.1) is 0 Å². The number of rotatable bonds is 5. The van der Waals surface area contributed by atoms with Gasteiger partial charge in [0.15, 0.2) is 0 Å². The first-order chi connectivity index (χ1) is 15.2. The first-order valence-corrected chi connectivity index (χ1v) is 11.8. The average molecular weight is 479 g/mol. The standard InChI is InChI=1S/C21H20ClFN4O4S/c1-13-5-6-14(19-24-20(31-25-19)21(28)27-9-3-2-4-10-27)11-18(13)32(29,30)26-15-7-8-17(23)16(22)12-15/h5-8,11-12,26H,2-4,9-10H2,1H3. The number of likely N-dealkylation sites (tertiary alicyclic amines) is 1. The Morgan fingerprint density at radius 3 is 2.62 bits per heavy atom. The number of hydrogen-bond acceptors (Lipinski definition) is 6. The smallest absolute Gasteiger partial charge is 0.316 e. The van der Waals surface area contributed by atoms with Crippen molar-refractivity contribution in [3.63, 3.8) is 0 Å². The van der Waals surface area contributed by atoms with Gasteiger partial charge in [0.05, 0.1) is 15.6 Å². The molecule has 1 N–H and O–H groups in total. The third-order valence-electron chi connectivity index (χ3n) is 5.16. The minimum atomic E-state index is -4.02. The van der Waals surface area contributed by atoms with Crippen LogP contribution in [0.15, 0.2) is 45.8 Å². The predicted molar refractivity (Wildman–Crippen MR) is 116 cm³/mol. The average Bonchev–Trinajstić information content (AvgIpc) is 3.26. The fourth-order valence-electron chi connectivity index (χ4n) is 3.46. The van der Waals surface area contributed by atoms with Crippen molar-refractivity contribution < 1.29 is 22.1 Å². The van der Waals surface area contributed by atoms with Crippen LogP contribution < -0.4 is 4.72 Å². The van der Waals surface area contributed by atoms with Gasteiger partial charge in [-0.25, -0.2) is 12.8 Å². The molecule has 0 unspecified atom stereocenters. The molecule has 3 aromatic rings. The van der Waals surface area contributed by atoms with E-state index in [1.165, 1.54) is 18.2 Å². The molecule has 4 rings (SSSR count). The van der Waals surface area contributed by atoms with E-state index < -0.39 is 15.8 Å². The van der Waals surface area contributed by atoms with Gasteiger partial charge in [0.2, 0.25) is 5.82 Å². The molecular formula is C21H20ClFN4O4S. The molecule has 1 saturated heterocycles. The second-order valence-corrected chi connectivity index (χ2v) is 9.55. The van der Waals surface area contributed by atoms with Crippen LogP contribution in [0.2, 0.25) is 5.02 Å². The van der Waals surface area contributed by atoms with Crippen LogP contribution >= 0.6 is 11.6 Å². The Kier molecular flexibility index (Phi) is 6.16. The van der Waals surface area contributed by atoms with E-state index in [0.29, 0.717) is 24.2 Å². The van der Waals surface area contributed by atoms with Gasteiger partial charge >= 0.3 is 11.8 Å². The summed E-state index contributed by atoms with van der Waals surface area (Å²) in [5.74, 6) is -1.02. The van der Waals surface area contributed by atoms with Gasteiger partial charge in [0, 0.05) is 18.7 Å². The van der Waals surface area contributed by atoms with Crippen molar-refractivity contribution in [2.24, 2.45) is 0 Å². The van der Waals surface area contributed by atoms with Gasteiger partial charge in [-0.3, -0.25) is 9.52 Å². The lowest BCUT2D eigenvalue weighted by atomic mass is 10.1. The zero-order chi connectivity index (χ0) is 22.9. The Morgan fingerprint density at radius 2 is 1.91 bits per heavy atom. The second-order valence-electron chi connectivity index (χ2n) is 7.49. The summed E-state index contributed by atoms with van der Waals surface area (Å²) in [6.45, 7) is 2.92. The summed E-state index contributed by atoms with van der Waals surface area (Å²) in [7, 11) is -4.02. The maximum Gasteiger partial charge on any atom is 0.316 e. The summed E-state index contributed by atoms with van der Waals surface area (Å²) < 4.78 is 46.8. The number of aromatic nitrogens is 2. The monoisotopic (exact) mass is 478 g/mol. The van der Waals surface area contributed by atoms with Crippen molar-refractivity contribution in [3.8, 4) is 11.4 Å². The first-order valence-electron chi connectivity index (χ1n) is 9.96. The van der Waals surface area contributed by atoms with Crippen molar-refractivity contribution >= 4 is 33.2 Å². The lowest BCUT2D eigenvalue weighted by Crippen LogP contribution is -2.35. The van der Waals surface area contributed by atoms with Crippen LogP contribution in [0.4, 0.5) is 10.1 Å². The molecule has 2 aromatic carbocycles. The van der Waals surface area contributed by atoms with E-state index in [9.17, 15) is 17.6 Å². The van der Waals surface area contributed by atoms with Crippen LogP contribution in [-0.2, 0) is 10.0 Å². The van der Waals surface area contributed by atoms with Gasteiger partial charge in [0.1, 0.15) is 5.82 Å². The van der Waals surface area contributed by atoms with Gasteiger partial charge in [0.25, 0.3) is 10.0 Å². The summed E-state index contributed by atoms with van der Waals surface area (Å²) in [4.78, 5) is 18.4. The lowest BCUT2D eigenvalue weighted by Gasteiger charge is -2.24. The summed E-state index contributed by atoms with van der Waals surface area (Å²) >= 11 is 5.74. The van der Waals surface area contributed by atoms with Crippen LogP contribution in [0, 0.1) is 12.7 Å². The number of nitrogens with zero attached hydrogens (tertiary/aromatic N) is 3. The van der Waals surface area contributed by atoms with E-state index in [2.05, 4.69) is 14.9 Å². The molecule has 0 atom stereocenters. The van der Waals surface area contributed by atoms with Gasteiger partial charge in [-0.05, 0) is 56.0 Å². The molecule has 0 spiro atoms. The highest BCUT2D eigenvalue weighted by Crippen LogP contribution is 2.27. The van der Waals surface area contributed by atoms with Crippen LogP contribution in [0.25, 0.3) is 11.4 Å². The molecule has 0 bridgehead atoms. The molecule has 1 amide bonds. The van der Waals surface area contributed by atoms with E-state index >= 15 is 0 Å². The number of anilines is 1. The van der Waals surface area contributed by atoms with Gasteiger partial charge in [-0.1, -0.05) is 28.9 Å². The van der Waals surface area contributed by atoms with Crippen molar-refractivity contribution in [3.05, 3.63) is 58.7 Å². The number of sulfonamides is 1. The molecule has 8 nitrogen and oxygen atoms in total. The molecule has 32 heavy (non-hydrogen) atoms. The zero-order valence-corrected chi connectivity index (χ0v) is 18.7. The van der Waals surface area contributed by atoms with Crippen LogP contribution in [0.3, 0.4) is 0 Å². The fraction of sp³-hybridized carbons (Fsp3) is 0.286. The SMILES string of the molecule is Cc1ccc(-c2noc(C(=O)N3CCCCC3)n2)cc1S(=O)(=O)Nc1ccc(F)c(Cl)c1. The van der Waals surface area contributed by atoms with E-state index in [1.807, 2.05) is 0 Å². The fourth-order valence-corrected chi connectivity index (χ4v) is 4.96. The molecule has 1 fully saturated rings. The van der Waals surface area contributed by atoms with Crippen molar-refractivity contribution in [1.82, 2.24) is 15.0 Å². The lowest BCUT2D eigenvalue weighted by molar-refractivity contribution is 0.0674. The summed E-state index contributed by atoms with van der Waals surface area (Å²) in [5, 5.41) is 3.65. The highest BCUT2D eigenvalue weighted by atomic mass is 35.5. The quantitative estimate of drug-likeness (QED) is 0.587. The molecule has 1 aliphatic rings.